The molecule has 0 aliphatic heterocycles. The predicted molar refractivity (Wildman–Crippen MR) is 79.7 cm³/mol. The normalized spacial score (nSPS) is 13.7. The molecule has 6 heteroatoms. The van der Waals surface area contributed by atoms with E-state index in [2.05, 4.69) is 23.5 Å². The minimum Gasteiger partial charge on any atom is -0.296 e. The van der Waals surface area contributed by atoms with Crippen molar-refractivity contribution in [3.05, 3.63) is 35.9 Å². The van der Waals surface area contributed by atoms with Gasteiger partial charge in [0.2, 0.25) is 10.0 Å². The van der Waals surface area contributed by atoms with Gasteiger partial charge >= 0.3 is 0 Å². The number of benzene rings is 1. The van der Waals surface area contributed by atoms with Gasteiger partial charge in [0.15, 0.2) is 0 Å². The van der Waals surface area contributed by atoms with Crippen LogP contribution in [0.15, 0.2) is 30.3 Å². The second kappa shape index (κ2) is 7.85. The highest BCUT2D eigenvalue weighted by molar-refractivity contribution is 7.90. The van der Waals surface area contributed by atoms with Crippen molar-refractivity contribution in [2.24, 2.45) is 0 Å². The van der Waals surface area contributed by atoms with Crippen LogP contribution in [0.1, 0.15) is 25.5 Å². The van der Waals surface area contributed by atoms with Gasteiger partial charge in [-0.3, -0.25) is 4.90 Å². The van der Waals surface area contributed by atoms with Crippen molar-refractivity contribution in [2.75, 3.05) is 24.8 Å². The molecule has 0 saturated heterocycles. The summed E-state index contributed by atoms with van der Waals surface area (Å²) in [4.78, 5) is 2.21. The number of halogens is 1. The van der Waals surface area contributed by atoms with Gasteiger partial charge in [-0.1, -0.05) is 44.2 Å². The molecule has 1 aromatic carbocycles. The molecule has 0 fully saturated rings. The summed E-state index contributed by atoms with van der Waals surface area (Å²) in [6.45, 7) is 6.18. The Balaban J connectivity index is 2.88. The zero-order valence-electron chi connectivity index (χ0n) is 11.3. The maximum absolute atomic E-state index is 11.5. The number of alkyl halides is 1. The van der Waals surface area contributed by atoms with E-state index in [1.54, 1.807) is 0 Å². The Morgan fingerprint density at radius 3 is 2.26 bits per heavy atom. The van der Waals surface area contributed by atoms with E-state index in [-0.39, 0.29) is 6.04 Å². The molecule has 0 aliphatic rings. The molecule has 1 aromatic rings. The van der Waals surface area contributed by atoms with Gasteiger partial charge in [-0.15, -0.1) is 11.6 Å². The van der Waals surface area contributed by atoms with Gasteiger partial charge in [0.25, 0.3) is 0 Å². The Hall–Kier alpha value is -0.620. The van der Waals surface area contributed by atoms with E-state index < -0.39 is 15.2 Å². The van der Waals surface area contributed by atoms with Crippen molar-refractivity contribution in [1.29, 1.82) is 0 Å². The second-order valence-electron chi connectivity index (χ2n) is 4.22. The summed E-state index contributed by atoms with van der Waals surface area (Å²) in [6.07, 6.45) is 0. The van der Waals surface area contributed by atoms with Crippen molar-refractivity contribution in [3.8, 4) is 0 Å². The first kappa shape index (κ1) is 16.4. The lowest BCUT2D eigenvalue weighted by Gasteiger charge is -2.30. The van der Waals surface area contributed by atoms with Crippen LogP contribution in [0.5, 0.6) is 0 Å². The first-order chi connectivity index (χ1) is 9.04. The number of hydrogen-bond acceptors (Lipinski definition) is 3. The number of likely N-dealkylation sites (N-methyl/N-ethyl adjacent to an activating group) is 1. The molecule has 0 saturated carbocycles. The van der Waals surface area contributed by atoms with E-state index in [0.717, 1.165) is 18.7 Å². The first-order valence-corrected chi connectivity index (χ1v) is 8.55. The minimum atomic E-state index is -3.38. The van der Waals surface area contributed by atoms with E-state index in [0.29, 0.717) is 6.54 Å². The number of rotatable bonds is 8. The van der Waals surface area contributed by atoms with Gasteiger partial charge in [-0.05, 0) is 18.7 Å². The molecular weight excluding hydrogens is 284 g/mol. The topological polar surface area (TPSA) is 49.4 Å². The summed E-state index contributed by atoms with van der Waals surface area (Å²) in [7, 11) is -3.38. The fourth-order valence-electron chi connectivity index (χ4n) is 2.04. The predicted octanol–water partition coefficient (Wildman–Crippen LogP) is 2.19. The van der Waals surface area contributed by atoms with Crippen molar-refractivity contribution >= 4 is 21.6 Å². The van der Waals surface area contributed by atoms with Crippen LogP contribution in [0.25, 0.3) is 0 Å². The molecule has 0 bridgehead atoms. The highest BCUT2D eigenvalue weighted by Gasteiger charge is 2.20. The van der Waals surface area contributed by atoms with E-state index in [1.807, 2.05) is 30.3 Å². The summed E-state index contributed by atoms with van der Waals surface area (Å²) in [5.41, 5.74) is 1.10. The van der Waals surface area contributed by atoms with Crippen LogP contribution in [0.2, 0.25) is 0 Å². The van der Waals surface area contributed by atoms with Gasteiger partial charge in [-0.2, -0.15) is 0 Å². The Morgan fingerprint density at radius 1 is 1.21 bits per heavy atom. The summed E-state index contributed by atoms with van der Waals surface area (Å²) in [5.74, 6) is 0. The molecule has 19 heavy (non-hydrogen) atoms. The van der Waals surface area contributed by atoms with Gasteiger partial charge in [0, 0.05) is 12.6 Å². The Kier molecular flexibility index (Phi) is 6.79. The van der Waals surface area contributed by atoms with E-state index in [9.17, 15) is 8.42 Å². The summed E-state index contributed by atoms with van der Waals surface area (Å²) < 4.78 is 25.5. The average Bonchev–Trinajstić information content (AvgIpc) is 2.44. The molecule has 0 aliphatic carbocycles. The van der Waals surface area contributed by atoms with Crippen molar-refractivity contribution < 1.29 is 8.42 Å². The number of sulfonamides is 1. The summed E-state index contributed by atoms with van der Waals surface area (Å²) >= 11 is 5.41. The highest BCUT2D eigenvalue weighted by atomic mass is 35.5. The lowest BCUT2D eigenvalue weighted by atomic mass is 10.1. The van der Waals surface area contributed by atoms with Gasteiger partial charge in [0.1, 0.15) is 5.21 Å². The number of nitrogens with one attached hydrogen (secondary N) is 1. The zero-order valence-corrected chi connectivity index (χ0v) is 12.9. The van der Waals surface area contributed by atoms with Crippen LogP contribution in [0, 0.1) is 0 Å². The zero-order chi connectivity index (χ0) is 14.3. The Morgan fingerprint density at radius 2 is 1.79 bits per heavy atom. The largest absolute Gasteiger partial charge is 0.296 e. The van der Waals surface area contributed by atoms with Crippen LogP contribution < -0.4 is 4.72 Å². The van der Waals surface area contributed by atoms with Gasteiger partial charge < -0.3 is 0 Å². The van der Waals surface area contributed by atoms with Gasteiger partial charge in [0.05, 0.1) is 0 Å². The minimum absolute atomic E-state index is 0.0224. The highest BCUT2D eigenvalue weighted by Crippen LogP contribution is 2.19. The fourth-order valence-corrected chi connectivity index (χ4v) is 2.76. The third-order valence-electron chi connectivity index (χ3n) is 3.08. The molecule has 1 atom stereocenters. The van der Waals surface area contributed by atoms with Crippen molar-refractivity contribution in [2.45, 2.75) is 19.9 Å². The first-order valence-electron chi connectivity index (χ1n) is 6.36. The molecule has 0 radical (unpaired) electrons. The molecule has 4 nitrogen and oxygen atoms in total. The maximum atomic E-state index is 11.5. The van der Waals surface area contributed by atoms with Gasteiger partial charge in [-0.25, -0.2) is 13.1 Å². The monoisotopic (exact) mass is 304 g/mol. The van der Waals surface area contributed by atoms with Crippen molar-refractivity contribution in [3.63, 3.8) is 0 Å². The molecule has 0 aromatic heterocycles. The SMILES string of the molecule is CCN(CC)C(CNS(=O)(=O)CCl)c1ccccc1. The Labute approximate surface area is 120 Å². The molecule has 1 rings (SSSR count). The Bertz CT molecular complexity index is 461. The van der Waals surface area contributed by atoms with Crippen LogP contribution in [0.4, 0.5) is 0 Å². The van der Waals surface area contributed by atoms with Crippen LogP contribution in [0.3, 0.4) is 0 Å². The van der Waals surface area contributed by atoms with Crippen molar-refractivity contribution in [1.82, 2.24) is 9.62 Å². The molecule has 0 spiro atoms. The summed E-state index contributed by atoms with van der Waals surface area (Å²) in [5, 5.41) is -0.410. The average molecular weight is 305 g/mol. The lowest BCUT2D eigenvalue weighted by Crippen LogP contribution is -2.38. The molecule has 1 N–H and O–H groups in total. The quantitative estimate of drug-likeness (QED) is 0.749. The van der Waals surface area contributed by atoms with Crippen LogP contribution in [-0.4, -0.2) is 38.2 Å². The maximum Gasteiger partial charge on any atom is 0.225 e. The molecular formula is C13H21ClN2O2S. The standard InChI is InChI=1S/C13H21ClN2O2S/c1-3-16(4-2)13(10-15-19(17,18)11-14)12-8-6-5-7-9-12/h5-9,13,15H,3-4,10-11H2,1-2H3. The molecule has 1 unspecified atom stereocenters. The third-order valence-corrected chi connectivity index (χ3v) is 4.83. The molecule has 0 amide bonds. The smallest absolute Gasteiger partial charge is 0.225 e. The molecule has 108 valence electrons. The van der Waals surface area contributed by atoms with E-state index in [1.165, 1.54) is 0 Å². The van der Waals surface area contributed by atoms with E-state index >= 15 is 0 Å². The number of hydrogen-bond donors (Lipinski definition) is 1. The van der Waals surface area contributed by atoms with Crippen LogP contribution >= 0.6 is 11.6 Å². The second-order valence-corrected chi connectivity index (χ2v) is 6.61. The molecule has 0 heterocycles. The third kappa shape index (κ3) is 5.10. The van der Waals surface area contributed by atoms with E-state index in [4.69, 9.17) is 11.6 Å². The van der Waals surface area contributed by atoms with Crippen LogP contribution in [-0.2, 0) is 10.0 Å². The number of nitrogens with zero attached hydrogens (tertiary/aromatic N) is 1. The fraction of sp³-hybridized carbons (Fsp3) is 0.538. The lowest BCUT2D eigenvalue weighted by molar-refractivity contribution is 0.220. The summed E-state index contributed by atoms with van der Waals surface area (Å²) in [6, 6.07) is 9.92.